The topological polar surface area (TPSA) is 32.3 Å². The molecule has 0 bridgehead atoms. The smallest absolute Gasteiger partial charge is 0.0581 e. The van der Waals surface area contributed by atoms with Gasteiger partial charge in [-0.25, -0.2) is 0 Å². The molecule has 1 unspecified atom stereocenters. The number of aryl methyl sites for hydroxylation is 2. The first-order valence-corrected chi connectivity index (χ1v) is 7.69. The third-order valence-corrected chi connectivity index (χ3v) is 4.39. The molecule has 1 fully saturated rings. The van der Waals surface area contributed by atoms with Gasteiger partial charge in [0.2, 0.25) is 0 Å². The molecule has 0 saturated heterocycles. The summed E-state index contributed by atoms with van der Waals surface area (Å²) in [6.07, 6.45) is 1.58. The molecular weight excluding hydrogens is 258 g/mol. The number of hydrogen-bond donors (Lipinski definition) is 2. The Balaban J connectivity index is 1.93. The number of aliphatic hydroxyl groups is 1. The van der Waals surface area contributed by atoms with E-state index in [1.54, 1.807) is 0 Å². The Bertz CT molecular complexity index is 602. The fraction of sp³-hybridized carbons (Fsp3) is 0.368. The fourth-order valence-corrected chi connectivity index (χ4v) is 3.04. The maximum atomic E-state index is 9.53. The monoisotopic (exact) mass is 281 g/mol. The van der Waals surface area contributed by atoms with Crippen molar-refractivity contribution in [2.75, 3.05) is 0 Å². The lowest BCUT2D eigenvalue weighted by Gasteiger charge is -2.36. The van der Waals surface area contributed by atoms with Gasteiger partial charge in [-0.2, -0.15) is 0 Å². The molecule has 0 radical (unpaired) electrons. The number of aliphatic hydroxyl groups excluding tert-OH is 1. The van der Waals surface area contributed by atoms with Gasteiger partial charge in [0.05, 0.1) is 12.1 Å². The highest BCUT2D eigenvalue weighted by molar-refractivity contribution is 5.39. The van der Waals surface area contributed by atoms with E-state index >= 15 is 0 Å². The number of benzene rings is 2. The molecular formula is C19H23NO. The van der Waals surface area contributed by atoms with Crippen molar-refractivity contribution in [1.82, 2.24) is 5.32 Å². The lowest BCUT2D eigenvalue weighted by molar-refractivity contribution is 0.0595. The van der Waals surface area contributed by atoms with Gasteiger partial charge >= 0.3 is 0 Å². The Labute approximate surface area is 126 Å². The van der Waals surface area contributed by atoms with Gasteiger partial charge in [0.15, 0.2) is 0 Å². The maximum absolute atomic E-state index is 9.53. The summed E-state index contributed by atoms with van der Waals surface area (Å²) < 4.78 is 0. The molecule has 1 saturated carbocycles. The number of nitrogens with one attached hydrogen (secondary N) is 1. The molecule has 21 heavy (non-hydrogen) atoms. The van der Waals surface area contributed by atoms with Crippen LogP contribution in [0.1, 0.15) is 41.1 Å². The highest BCUT2D eigenvalue weighted by Crippen LogP contribution is 2.30. The summed E-state index contributed by atoms with van der Waals surface area (Å²) in [6.45, 7) is 4.31. The zero-order valence-electron chi connectivity index (χ0n) is 12.7. The third kappa shape index (κ3) is 3.17. The molecule has 2 heteroatoms. The van der Waals surface area contributed by atoms with E-state index in [9.17, 15) is 5.11 Å². The van der Waals surface area contributed by atoms with E-state index < -0.39 is 0 Å². The van der Waals surface area contributed by atoms with E-state index in [-0.39, 0.29) is 12.1 Å². The quantitative estimate of drug-likeness (QED) is 0.899. The van der Waals surface area contributed by atoms with Crippen molar-refractivity contribution < 1.29 is 5.11 Å². The molecule has 1 aliphatic rings. The molecule has 1 aliphatic carbocycles. The Hall–Kier alpha value is -1.64. The van der Waals surface area contributed by atoms with Crippen molar-refractivity contribution in [2.45, 2.75) is 44.9 Å². The molecule has 2 aromatic rings. The van der Waals surface area contributed by atoms with Gasteiger partial charge in [-0.15, -0.1) is 0 Å². The normalized spacial score (nSPS) is 22.6. The van der Waals surface area contributed by atoms with E-state index in [2.05, 4.69) is 67.7 Å². The van der Waals surface area contributed by atoms with E-state index in [1.807, 2.05) is 0 Å². The Morgan fingerprint density at radius 3 is 2.43 bits per heavy atom. The molecule has 2 N–H and O–H groups in total. The summed E-state index contributed by atoms with van der Waals surface area (Å²) in [5.74, 6) is 0. The van der Waals surface area contributed by atoms with Crippen LogP contribution < -0.4 is 5.32 Å². The zero-order valence-corrected chi connectivity index (χ0v) is 12.7. The van der Waals surface area contributed by atoms with Crippen molar-refractivity contribution in [2.24, 2.45) is 0 Å². The Morgan fingerprint density at radius 2 is 1.76 bits per heavy atom. The van der Waals surface area contributed by atoms with Crippen LogP contribution in [0.2, 0.25) is 0 Å². The van der Waals surface area contributed by atoms with Crippen LogP contribution in [0.4, 0.5) is 0 Å². The summed E-state index contributed by atoms with van der Waals surface area (Å²) in [6, 6.07) is 17.8. The minimum absolute atomic E-state index is 0.127. The van der Waals surface area contributed by atoms with Crippen LogP contribution in [0.3, 0.4) is 0 Å². The Kier molecular flexibility index (Phi) is 4.09. The van der Waals surface area contributed by atoms with Gasteiger partial charge in [0, 0.05) is 6.04 Å². The van der Waals surface area contributed by atoms with Crippen LogP contribution in [-0.2, 0) is 0 Å². The predicted molar refractivity (Wildman–Crippen MR) is 86.4 cm³/mol. The van der Waals surface area contributed by atoms with E-state index in [1.165, 1.54) is 22.3 Å². The zero-order chi connectivity index (χ0) is 14.8. The molecule has 0 aliphatic heterocycles. The molecule has 0 spiro atoms. The van der Waals surface area contributed by atoms with Crippen molar-refractivity contribution >= 4 is 0 Å². The molecule has 110 valence electrons. The second-order valence-corrected chi connectivity index (χ2v) is 6.19. The molecule has 2 aromatic carbocycles. The minimum atomic E-state index is -0.127. The van der Waals surface area contributed by atoms with Crippen LogP contribution >= 0.6 is 0 Å². The van der Waals surface area contributed by atoms with E-state index in [4.69, 9.17) is 0 Å². The standard InChI is InChI=1S/C19H23NO/c1-13-8-9-14(2)18(10-13)19(15-6-4-3-5-7-15)20-16-11-17(21)12-16/h3-10,16-17,19-21H,11-12H2,1-2H3. The fourth-order valence-electron chi connectivity index (χ4n) is 3.04. The van der Waals surface area contributed by atoms with Gasteiger partial charge in [0.25, 0.3) is 0 Å². The third-order valence-electron chi connectivity index (χ3n) is 4.39. The Morgan fingerprint density at radius 1 is 1.05 bits per heavy atom. The SMILES string of the molecule is Cc1ccc(C)c(C(NC2CC(O)C2)c2ccccc2)c1. The first-order chi connectivity index (χ1) is 10.1. The molecule has 3 rings (SSSR count). The average molecular weight is 281 g/mol. The van der Waals surface area contributed by atoms with Crippen molar-refractivity contribution in [3.63, 3.8) is 0 Å². The second-order valence-electron chi connectivity index (χ2n) is 6.19. The molecule has 0 amide bonds. The summed E-state index contributed by atoms with van der Waals surface area (Å²) >= 11 is 0. The summed E-state index contributed by atoms with van der Waals surface area (Å²) in [4.78, 5) is 0. The lowest BCUT2D eigenvalue weighted by Crippen LogP contribution is -2.46. The van der Waals surface area contributed by atoms with Crippen LogP contribution in [0.15, 0.2) is 48.5 Å². The lowest BCUT2D eigenvalue weighted by atomic mass is 9.86. The maximum Gasteiger partial charge on any atom is 0.0581 e. The first-order valence-electron chi connectivity index (χ1n) is 7.69. The summed E-state index contributed by atoms with van der Waals surface area (Å²) in [7, 11) is 0. The summed E-state index contributed by atoms with van der Waals surface area (Å²) in [5.41, 5.74) is 5.21. The molecule has 0 aromatic heterocycles. The molecule has 0 heterocycles. The van der Waals surface area contributed by atoms with Crippen LogP contribution in [0.25, 0.3) is 0 Å². The van der Waals surface area contributed by atoms with Gasteiger partial charge in [-0.1, -0.05) is 54.1 Å². The van der Waals surface area contributed by atoms with Crippen molar-refractivity contribution in [3.05, 3.63) is 70.8 Å². The van der Waals surface area contributed by atoms with Gasteiger partial charge < -0.3 is 10.4 Å². The second kappa shape index (κ2) is 6.00. The van der Waals surface area contributed by atoms with E-state index in [0.29, 0.717) is 6.04 Å². The molecule has 2 nitrogen and oxygen atoms in total. The molecule has 1 atom stereocenters. The highest BCUT2D eigenvalue weighted by Gasteiger charge is 2.30. The van der Waals surface area contributed by atoms with Crippen LogP contribution in [-0.4, -0.2) is 17.3 Å². The van der Waals surface area contributed by atoms with Crippen LogP contribution in [0.5, 0.6) is 0 Å². The van der Waals surface area contributed by atoms with Gasteiger partial charge in [-0.3, -0.25) is 0 Å². The van der Waals surface area contributed by atoms with E-state index in [0.717, 1.165) is 12.8 Å². The highest BCUT2D eigenvalue weighted by atomic mass is 16.3. The largest absolute Gasteiger partial charge is 0.393 e. The summed E-state index contributed by atoms with van der Waals surface area (Å²) in [5, 5.41) is 13.3. The minimum Gasteiger partial charge on any atom is -0.393 e. The van der Waals surface area contributed by atoms with Crippen LogP contribution in [0, 0.1) is 13.8 Å². The van der Waals surface area contributed by atoms with Gasteiger partial charge in [-0.05, 0) is 43.4 Å². The van der Waals surface area contributed by atoms with Crippen molar-refractivity contribution in [3.8, 4) is 0 Å². The van der Waals surface area contributed by atoms with Gasteiger partial charge in [0.1, 0.15) is 0 Å². The average Bonchev–Trinajstić information content (AvgIpc) is 2.46. The first kappa shape index (κ1) is 14.3. The number of rotatable bonds is 4. The van der Waals surface area contributed by atoms with Crippen molar-refractivity contribution in [1.29, 1.82) is 0 Å². The number of hydrogen-bond acceptors (Lipinski definition) is 2. The predicted octanol–water partition coefficient (Wildman–Crippen LogP) is 3.51.